The lowest BCUT2D eigenvalue weighted by Gasteiger charge is -2.33. The number of piperidine rings is 1. The fourth-order valence-electron chi connectivity index (χ4n) is 3.35. The van der Waals surface area contributed by atoms with Crippen molar-refractivity contribution in [2.45, 2.75) is 45.7 Å². The first-order valence-electron chi connectivity index (χ1n) is 8.59. The highest BCUT2D eigenvalue weighted by molar-refractivity contribution is 5.79. The van der Waals surface area contributed by atoms with Crippen LogP contribution in [0.1, 0.15) is 35.4 Å². The Kier molecular flexibility index (Phi) is 5.30. The van der Waals surface area contributed by atoms with Gasteiger partial charge in [0.15, 0.2) is 0 Å². The standard InChI is InChI=1S/C19H25N3O2/c1-14-18(15(2)24-21-14)11-19(23)20-17-9-6-10-22(13-17)12-16-7-4-3-5-8-16/h3-5,7-8,17H,6,9-13H2,1-2H3,(H,20,23)/t17-/m1/s1. The molecule has 128 valence electrons. The zero-order valence-electron chi connectivity index (χ0n) is 14.4. The van der Waals surface area contributed by atoms with E-state index in [2.05, 4.69) is 39.6 Å². The van der Waals surface area contributed by atoms with Gasteiger partial charge in [-0.25, -0.2) is 0 Å². The maximum atomic E-state index is 12.3. The van der Waals surface area contributed by atoms with Crippen LogP contribution in [0.4, 0.5) is 0 Å². The van der Waals surface area contributed by atoms with Crippen LogP contribution in [-0.2, 0) is 17.8 Å². The van der Waals surface area contributed by atoms with Crippen LogP contribution >= 0.6 is 0 Å². The molecule has 1 atom stereocenters. The average molecular weight is 327 g/mol. The number of aromatic nitrogens is 1. The molecule has 0 spiro atoms. The van der Waals surface area contributed by atoms with E-state index < -0.39 is 0 Å². The summed E-state index contributed by atoms with van der Waals surface area (Å²) in [4.78, 5) is 14.8. The fourth-order valence-corrected chi connectivity index (χ4v) is 3.35. The average Bonchev–Trinajstić information content (AvgIpc) is 2.88. The molecule has 0 radical (unpaired) electrons. The molecule has 1 aromatic heterocycles. The molecular weight excluding hydrogens is 302 g/mol. The third kappa shape index (κ3) is 4.23. The number of likely N-dealkylation sites (tertiary alicyclic amines) is 1. The first-order chi connectivity index (χ1) is 11.6. The molecule has 1 N–H and O–H groups in total. The monoisotopic (exact) mass is 327 g/mol. The summed E-state index contributed by atoms with van der Waals surface area (Å²) in [5.74, 6) is 0.785. The second kappa shape index (κ2) is 7.62. The van der Waals surface area contributed by atoms with E-state index >= 15 is 0 Å². The summed E-state index contributed by atoms with van der Waals surface area (Å²) >= 11 is 0. The number of aryl methyl sites for hydroxylation is 2. The first kappa shape index (κ1) is 16.7. The smallest absolute Gasteiger partial charge is 0.224 e. The number of benzene rings is 1. The van der Waals surface area contributed by atoms with Crippen molar-refractivity contribution in [1.29, 1.82) is 0 Å². The van der Waals surface area contributed by atoms with Gasteiger partial charge in [0.2, 0.25) is 5.91 Å². The molecule has 24 heavy (non-hydrogen) atoms. The van der Waals surface area contributed by atoms with E-state index in [1.807, 2.05) is 19.9 Å². The van der Waals surface area contributed by atoms with Crippen LogP contribution in [0.15, 0.2) is 34.9 Å². The maximum absolute atomic E-state index is 12.3. The molecule has 1 aliphatic rings. The van der Waals surface area contributed by atoms with Gasteiger partial charge in [-0.2, -0.15) is 0 Å². The van der Waals surface area contributed by atoms with Gasteiger partial charge in [-0.05, 0) is 38.8 Å². The SMILES string of the molecule is Cc1noc(C)c1CC(=O)N[C@@H]1CCCN(Cc2ccccc2)C1. The molecule has 1 aliphatic heterocycles. The van der Waals surface area contributed by atoms with Gasteiger partial charge in [-0.3, -0.25) is 9.69 Å². The predicted molar refractivity (Wildman–Crippen MR) is 92.6 cm³/mol. The number of hydrogen-bond acceptors (Lipinski definition) is 4. The molecule has 1 saturated heterocycles. The van der Waals surface area contributed by atoms with E-state index in [4.69, 9.17) is 4.52 Å². The molecule has 0 unspecified atom stereocenters. The highest BCUT2D eigenvalue weighted by Crippen LogP contribution is 2.15. The van der Waals surface area contributed by atoms with Crippen molar-refractivity contribution in [3.63, 3.8) is 0 Å². The summed E-state index contributed by atoms with van der Waals surface area (Å²) in [6.45, 7) is 6.66. The van der Waals surface area contributed by atoms with Crippen molar-refractivity contribution in [1.82, 2.24) is 15.4 Å². The lowest BCUT2D eigenvalue weighted by molar-refractivity contribution is -0.121. The molecule has 5 heteroatoms. The molecule has 5 nitrogen and oxygen atoms in total. The second-order valence-corrected chi connectivity index (χ2v) is 6.61. The van der Waals surface area contributed by atoms with Crippen LogP contribution in [-0.4, -0.2) is 35.1 Å². The zero-order chi connectivity index (χ0) is 16.9. The highest BCUT2D eigenvalue weighted by atomic mass is 16.5. The van der Waals surface area contributed by atoms with E-state index in [9.17, 15) is 4.79 Å². The summed E-state index contributed by atoms with van der Waals surface area (Å²) in [5, 5.41) is 7.09. The van der Waals surface area contributed by atoms with Crippen molar-refractivity contribution in [3.8, 4) is 0 Å². The maximum Gasteiger partial charge on any atom is 0.224 e. The number of hydrogen-bond donors (Lipinski definition) is 1. The molecule has 3 rings (SSSR count). The van der Waals surface area contributed by atoms with Crippen LogP contribution < -0.4 is 5.32 Å². The van der Waals surface area contributed by atoms with Gasteiger partial charge in [-0.1, -0.05) is 35.5 Å². The lowest BCUT2D eigenvalue weighted by Crippen LogP contribution is -2.47. The van der Waals surface area contributed by atoms with E-state index in [-0.39, 0.29) is 11.9 Å². The second-order valence-electron chi connectivity index (χ2n) is 6.61. The van der Waals surface area contributed by atoms with Gasteiger partial charge in [0.05, 0.1) is 12.1 Å². The third-order valence-electron chi connectivity index (χ3n) is 4.64. The number of nitrogens with zero attached hydrogens (tertiary/aromatic N) is 2. The predicted octanol–water partition coefficient (Wildman–Crippen LogP) is 2.61. The number of rotatable bonds is 5. The molecule has 0 aliphatic carbocycles. The molecule has 1 aromatic carbocycles. The molecule has 1 fully saturated rings. The third-order valence-corrected chi connectivity index (χ3v) is 4.64. The van der Waals surface area contributed by atoms with E-state index in [0.717, 1.165) is 49.5 Å². The summed E-state index contributed by atoms with van der Waals surface area (Å²) in [7, 11) is 0. The van der Waals surface area contributed by atoms with Crippen LogP contribution in [0.2, 0.25) is 0 Å². The van der Waals surface area contributed by atoms with Gasteiger partial charge >= 0.3 is 0 Å². The fraction of sp³-hybridized carbons (Fsp3) is 0.474. The minimum absolute atomic E-state index is 0.0518. The van der Waals surface area contributed by atoms with Gasteiger partial charge in [0.1, 0.15) is 5.76 Å². The van der Waals surface area contributed by atoms with Gasteiger partial charge < -0.3 is 9.84 Å². The van der Waals surface area contributed by atoms with Gasteiger partial charge in [-0.15, -0.1) is 0 Å². The Morgan fingerprint density at radius 1 is 1.33 bits per heavy atom. The van der Waals surface area contributed by atoms with Crippen molar-refractivity contribution in [2.75, 3.05) is 13.1 Å². The lowest BCUT2D eigenvalue weighted by atomic mass is 10.0. The summed E-state index contributed by atoms with van der Waals surface area (Å²) in [6.07, 6.45) is 2.50. The number of carbonyl (C=O) groups is 1. The number of amides is 1. The molecular formula is C19H25N3O2. The normalized spacial score (nSPS) is 18.5. The molecule has 0 saturated carbocycles. The van der Waals surface area contributed by atoms with Crippen LogP contribution in [0.25, 0.3) is 0 Å². The quantitative estimate of drug-likeness (QED) is 0.917. The highest BCUT2D eigenvalue weighted by Gasteiger charge is 2.22. The van der Waals surface area contributed by atoms with E-state index in [1.165, 1.54) is 5.56 Å². The van der Waals surface area contributed by atoms with Crippen molar-refractivity contribution in [2.24, 2.45) is 0 Å². The van der Waals surface area contributed by atoms with Gasteiger partial charge in [0, 0.05) is 24.7 Å². The Morgan fingerprint density at radius 3 is 2.83 bits per heavy atom. The molecule has 2 aromatic rings. The Bertz CT molecular complexity index is 662. The number of nitrogens with one attached hydrogen (secondary N) is 1. The molecule has 1 amide bonds. The minimum Gasteiger partial charge on any atom is -0.361 e. The Hall–Kier alpha value is -2.14. The molecule has 2 heterocycles. The Labute approximate surface area is 143 Å². The van der Waals surface area contributed by atoms with Crippen LogP contribution in [0.3, 0.4) is 0 Å². The summed E-state index contributed by atoms with van der Waals surface area (Å²) in [5.41, 5.74) is 3.03. The topological polar surface area (TPSA) is 58.4 Å². The zero-order valence-corrected chi connectivity index (χ0v) is 14.4. The minimum atomic E-state index is 0.0518. The largest absolute Gasteiger partial charge is 0.361 e. The summed E-state index contributed by atoms with van der Waals surface area (Å²) < 4.78 is 5.13. The van der Waals surface area contributed by atoms with E-state index in [1.54, 1.807) is 0 Å². The number of carbonyl (C=O) groups excluding carboxylic acids is 1. The van der Waals surface area contributed by atoms with Crippen molar-refractivity contribution in [3.05, 3.63) is 52.9 Å². The molecule has 0 bridgehead atoms. The van der Waals surface area contributed by atoms with Crippen molar-refractivity contribution >= 4 is 5.91 Å². The van der Waals surface area contributed by atoms with Crippen molar-refractivity contribution < 1.29 is 9.32 Å². The summed E-state index contributed by atoms with van der Waals surface area (Å²) in [6, 6.07) is 10.7. The Balaban J connectivity index is 1.52. The van der Waals surface area contributed by atoms with Crippen LogP contribution in [0.5, 0.6) is 0 Å². The Morgan fingerprint density at radius 2 is 2.12 bits per heavy atom. The van der Waals surface area contributed by atoms with Gasteiger partial charge in [0.25, 0.3) is 0 Å². The first-order valence-corrected chi connectivity index (χ1v) is 8.59. The van der Waals surface area contributed by atoms with Crippen LogP contribution in [0, 0.1) is 13.8 Å². The van der Waals surface area contributed by atoms with E-state index in [0.29, 0.717) is 6.42 Å².